The Balaban J connectivity index is 2.40. The Morgan fingerprint density at radius 2 is 2.11 bits per heavy atom. The number of benzene rings is 1. The number of aliphatic hydroxyl groups is 1. The molecule has 1 aliphatic heterocycles. The van der Waals surface area contributed by atoms with Crippen LogP contribution in [0.15, 0.2) is 18.2 Å². The fraction of sp³-hybridized carbons (Fsp3) is 0.364. The Kier molecular flexibility index (Phi) is 2.94. The molecule has 0 bridgehead atoms. The minimum absolute atomic E-state index is 0.148. The number of carbonyl (C=O) groups is 1. The number of carbonyl (C=O) groups excluding carboxylic acids is 1. The van der Waals surface area contributed by atoms with Crippen LogP contribution in [0.1, 0.15) is 11.7 Å². The van der Waals surface area contributed by atoms with Gasteiger partial charge in [0.15, 0.2) is 12.7 Å². The summed E-state index contributed by atoms with van der Waals surface area (Å²) in [7, 11) is 1.44. The number of rotatable bonds is 1. The molecular formula is C11H10F3NO3. The molecule has 1 amide bonds. The Labute approximate surface area is 101 Å². The Hall–Kier alpha value is -1.76. The zero-order valence-corrected chi connectivity index (χ0v) is 9.36. The molecule has 0 radical (unpaired) electrons. The van der Waals surface area contributed by atoms with Crippen molar-refractivity contribution < 1.29 is 27.8 Å². The second-order valence-corrected chi connectivity index (χ2v) is 3.91. The zero-order chi connectivity index (χ0) is 13.5. The molecule has 0 aromatic heterocycles. The normalized spacial score (nSPS) is 17.2. The molecule has 7 heteroatoms. The van der Waals surface area contributed by atoms with Crippen molar-refractivity contribution in [2.75, 3.05) is 18.6 Å². The summed E-state index contributed by atoms with van der Waals surface area (Å²) in [5.74, 6) is -0.0450. The van der Waals surface area contributed by atoms with Gasteiger partial charge in [-0.1, -0.05) is 6.07 Å². The van der Waals surface area contributed by atoms with Crippen molar-refractivity contribution in [2.24, 2.45) is 0 Å². The molecule has 1 aliphatic rings. The lowest BCUT2D eigenvalue weighted by molar-refractivity contribution is -0.206. The van der Waals surface area contributed by atoms with Crippen molar-refractivity contribution >= 4 is 11.6 Å². The number of aliphatic hydroxyl groups excluding tert-OH is 1. The largest absolute Gasteiger partial charge is 0.482 e. The molecule has 2 rings (SSSR count). The van der Waals surface area contributed by atoms with Gasteiger partial charge in [0.05, 0.1) is 5.69 Å². The fourth-order valence-corrected chi connectivity index (χ4v) is 1.65. The number of ether oxygens (including phenoxy) is 1. The van der Waals surface area contributed by atoms with Crippen LogP contribution in [-0.2, 0) is 4.79 Å². The van der Waals surface area contributed by atoms with Crippen LogP contribution in [0.4, 0.5) is 18.9 Å². The minimum atomic E-state index is -4.74. The summed E-state index contributed by atoms with van der Waals surface area (Å²) in [6.45, 7) is -0.148. The maximum absolute atomic E-state index is 12.4. The van der Waals surface area contributed by atoms with Crippen molar-refractivity contribution in [3.8, 4) is 5.75 Å². The standard InChI is InChI=1S/C11H10F3NO3/c1-15-7-4-6(10(17)11(12,13)14)2-3-8(7)18-5-9(15)16/h2-4,10,17H,5H2,1H3/t10-/m1/s1. The molecule has 0 aliphatic carbocycles. The topological polar surface area (TPSA) is 49.8 Å². The Morgan fingerprint density at radius 3 is 2.72 bits per heavy atom. The molecule has 1 heterocycles. The first kappa shape index (κ1) is 12.7. The van der Waals surface area contributed by atoms with Crippen LogP contribution in [0, 0.1) is 0 Å². The molecule has 1 atom stereocenters. The number of fused-ring (bicyclic) bond motifs is 1. The van der Waals surface area contributed by atoms with Gasteiger partial charge in [0.25, 0.3) is 5.91 Å². The van der Waals surface area contributed by atoms with Crippen LogP contribution in [0.2, 0.25) is 0 Å². The van der Waals surface area contributed by atoms with Crippen molar-refractivity contribution in [1.29, 1.82) is 0 Å². The van der Waals surface area contributed by atoms with Gasteiger partial charge in [-0.05, 0) is 17.7 Å². The van der Waals surface area contributed by atoms with Crippen molar-refractivity contribution in [1.82, 2.24) is 0 Å². The third-order valence-electron chi connectivity index (χ3n) is 2.70. The third-order valence-corrected chi connectivity index (χ3v) is 2.70. The third kappa shape index (κ3) is 2.13. The van der Waals surface area contributed by atoms with E-state index in [9.17, 15) is 18.0 Å². The monoisotopic (exact) mass is 261 g/mol. The Morgan fingerprint density at radius 1 is 1.44 bits per heavy atom. The summed E-state index contributed by atoms with van der Waals surface area (Å²) < 4.78 is 42.2. The second kappa shape index (κ2) is 4.16. The van der Waals surface area contributed by atoms with Gasteiger partial charge < -0.3 is 14.7 Å². The van der Waals surface area contributed by atoms with E-state index in [-0.39, 0.29) is 23.8 Å². The van der Waals surface area contributed by atoms with Crippen molar-refractivity contribution in [3.63, 3.8) is 0 Å². The maximum atomic E-state index is 12.4. The molecule has 0 spiro atoms. The molecule has 18 heavy (non-hydrogen) atoms. The number of likely N-dealkylation sites (N-methyl/N-ethyl adjacent to an activating group) is 1. The highest BCUT2D eigenvalue weighted by Gasteiger charge is 2.40. The molecule has 0 fully saturated rings. The Bertz CT molecular complexity index is 487. The number of hydrogen-bond donors (Lipinski definition) is 1. The summed E-state index contributed by atoms with van der Waals surface area (Å²) in [6.07, 6.45) is -7.32. The average molecular weight is 261 g/mol. The molecule has 1 N–H and O–H groups in total. The number of alkyl halides is 3. The van der Waals surface area contributed by atoms with Gasteiger partial charge in [0.1, 0.15) is 5.75 Å². The van der Waals surface area contributed by atoms with Gasteiger partial charge in [0, 0.05) is 7.05 Å². The van der Waals surface area contributed by atoms with Crippen LogP contribution in [0.25, 0.3) is 0 Å². The van der Waals surface area contributed by atoms with Crippen molar-refractivity contribution in [3.05, 3.63) is 23.8 Å². The van der Waals surface area contributed by atoms with Gasteiger partial charge in [-0.25, -0.2) is 0 Å². The molecular weight excluding hydrogens is 251 g/mol. The summed E-state index contributed by atoms with van der Waals surface area (Å²) in [5.41, 5.74) is -0.113. The SMILES string of the molecule is CN1C(=O)COc2ccc([C@@H](O)C(F)(F)F)cc21. The minimum Gasteiger partial charge on any atom is -0.482 e. The van der Waals surface area contributed by atoms with E-state index in [1.165, 1.54) is 18.0 Å². The lowest BCUT2D eigenvalue weighted by Crippen LogP contribution is -2.35. The maximum Gasteiger partial charge on any atom is 0.418 e. The van der Waals surface area contributed by atoms with Crippen LogP contribution in [0.5, 0.6) is 5.75 Å². The van der Waals surface area contributed by atoms with Gasteiger partial charge in [-0.2, -0.15) is 13.2 Å². The van der Waals surface area contributed by atoms with E-state index in [4.69, 9.17) is 9.84 Å². The summed E-state index contributed by atoms with van der Waals surface area (Å²) in [6, 6.07) is 3.54. The second-order valence-electron chi connectivity index (χ2n) is 3.91. The summed E-state index contributed by atoms with van der Waals surface area (Å²) in [5, 5.41) is 9.14. The highest BCUT2D eigenvalue weighted by atomic mass is 19.4. The van der Waals surface area contributed by atoms with Gasteiger partial charge in [-0.15, -0.1) is 0 Å². The van der Waals surface area contributed by atoms with Crippen LogP contribution >= 0.6 is 0 Å². The van der Waals surface area contributed by atoms with E-state index in [1.807, 2.05) is 0 Å². The number of amides is 1. The molecule has 0 unspecified atom stereocenters. The lowest BCUT2D eigenvalue weighted by atomic mass is 10.1. The summed E-state index contributed by atoms with van der Waals surface area (Å²) >= 11 is 0. The van der Waals surface area contributed by atoms with E-state index in [0.29, 0.717) is 5.75 Å². The number of halogens is 3. The van der Waals surface area contributed by atoms with Crippen LogP contribution in [-0.4, -0.2) is 30.8 Å². The lowest BCUT2D eigenvalue weighted by Gasteiger charge is -2.27. The van der Waals surface area contributed by atoms with Crippen LogP contribution in [0.3, 0.4) is 0 Å². The molecule has 1 aromatic rings. The molecule has 4 nitrogen and oxygen atoms in total. The number of anilines is 1. The zero-order valence-electron chi connectivity index (χ0n) is 9.36. The van der Waals surface area contributed by atoms with E-state index >= 15 is 0 Å². The fourth-order valence-electron chi connectivity index (χ4n) is 1.65. The van der Waals surface area contributed by atoms with Gasteiger partial charge in [-0.3, -0.25) is 4.79 Å². The molecule has 0 saturated heterocycles. The van der Waals surface area contributed by atoms with E-state index in [1.54, 1.807) is 0 Å². The molecule has 98 valence electrons. The molecule has 1 aromatic carbocycles. The highest BCUT2D eigenvalue weighted by Crippen LogP contribution is 2.38. The number of nitrogens with zero attached hydrogens (tertiary/aromatic N) is 1. The van der Waals surface area contributed by atoms with E-state index < -0.39 is 12.3 Å². The van der Waals surface area contributed by atoms with Crippen molar-refractivity contribution in [2.45, 2.75) is 12.3 Å². The first-order valence-corrected chi connectivity index (χ1v) is 5.09. The number of hydrogen-bond acceptors (Lipinski definition) is 3. The van der Waals surface area contributed by atoms with Gasteiger partial charge in [0.2, 0.25) is 0 Å². The molecule has 0 saturated carbocycles. The first-order valence-electron chi connectivity index (χ1n) is 5.09. The van der Waals surface area contributed by atoms with E-state index in [0.717, 1.165) is 12.1 Å². The first-order chi connectivity index (χ1) is 8.30. The quantitative estimate of drug-likeness (QED) is 0.836. The average Bonchev–Trinajstić information content (AvgIpc) is 2.31. The highest BCUT2D eigenvalue weighted by molar-refractivity contribution is 5.97. The smallest absolute Gasteiger partial charge is 0.418 e. The predicted octanol–water partition coefficient (Wildman–Crippen LogP) is 1.64. The van der Waals surface area contributed by atoms with E-state index in [2.05, 4.69) is 0 Å². The van der Waals surface area contributed by atoms with Crippen LogP contribution < -0.4 is 9.64 Å². The predicted molar refractivity (Wildman–Crippen MR) is 56.4 cm³/mol. The van der Waals surface area contributed by atoms with Gasteiger partial charge >= 0.3 is 6.18 Å². The summed E-state index contributed by atoms with van der Waals surface area (Å²) in [4.78, 5) is 12.6.